The van der Waals surface area contributed by atoms with Crippen LogP contribution in [0.1, 0.15) is 24.2 Å². The first-order chi connectivity index (χ1) is 16.4. The zero-order valence-electron chi connectivity index (χ0n) is 17.9. The molecule has 5 rings (SSSR count). The van der Waals surface area contributed by atoms with Crippen molar-refractivity contribution in [3.8, 4) is 0 Å². The molecule has 0 aliphatic carbocycles. The molecule has 1 aliphatic rings. The smallest absolute Gasteiger partial charge is 0.355 e. The lowest BCUT2D eigenvalue weighted by molar-refractivity contribution is -0.146. The Bertz CT molecular complexity index is 1290. The molecule has 13 heteroatoms. The van der Waals surface area contributed by atoms with Gasteiger partial charge in [0.15, 0.2) is 5.65 Å². The molecule has 1 saturated heterocycles. The topological polar surface area (TPSA) is 106 Å². The van der Waals surface area contributed by atoms with E-state index in [1.54, 1.807) is 17.1 Å². The van der Waals surface area contributed by atoms with Crippen molar-refractivity contribution >= 4 is 23.3 Å². The second-order valence-electron chi connectivity index (χ2n) is 7.98. The predicted molar refractivity (Wildman–Crippen MR) is 115 cm³/mol. The Morgan fingerprint density at radius 1 is 1.03 bits per heavy atom. The molecule has 0 unspecified atom stereocenters. The first-order valence-electron chi connectivity index (χ1n) is 10.7. The Labute approximate surface area is 191 Å². The maximum Gasteiger partial charge on any atom is 0.453 e. The molecular weight excluding hydrogens is 451 g/mol. The van der Waals surface area contributed by atoms with Crippen LogP contribution in [0.3, 0.4) is 0 Å². The highest BCUT2D eigenvalue weighted by Crippen LogP contribution is 2.28. The molecule has 1 aromatic carbocycles. The Morgan fingerprint density at radius 2 is 1.79 bits per heavy atom. The fourth-order valence-electron chi connectivity index (χ4n) is 3.91. The van der Waals surface area contributed by atoms with Crippen molar-refractivity contribution in [1.82, 2.24) is 34.6 Å². The fourth-order valence-corrected chi connectivity index (χ4v) is 3.91. The second-order valence-corrected chi connectivity index (χ2v) is 7.98. The van der Waals surface area contributed by atoms with Gasteiger partial charge in [-0.2, -0.15) is 17.7 Å². The van der Waals surface area contributed by atoms with Crippen LogP contribution >= 0.6 is 0 Å². The van der Waals surface area contributed by atoms with Gasteiger partial charge < -0.3 is 4.90 Å². The molecule has 1 fully saturated rings. The summed E-state index contributed by atoms with van der Waals surface area (Å²) in [5.41, 5.74) is 1.09. The summed E-state index contributed by atoms with van der Waals surface area (Å²) in [6.07, 6.45) is -2.05. The number of hydrogen-bond donors (Lipinski definition) is 1. The largest absolute Gasteiger partial charge is 0.453 e. The molecule has 0 radical (unpaired) electrons. The zero-order chi connectivity index (χ0) is 23.7. The number of halogens is 3. The standard InChI is InChI=1S/C21H20F3N9O/c22-21(23,24)19-28-27-16-6-7-17(29-33(16)19)31-10-8-15(9-11-31)18(34)26-20-25-13-32(30-20)12-14-4-2-1-3-5-14/h1-7,13,15H,8-12H2,(H,26,30,34). The van der Waals surface area contributed by atoms with Gasteiger partial charge >= 0.3 is 6.18 Å². The van der Waals surface area contributed by atoms with Crippen LogP contribution in [0.2, 0.25) is 0 Å². The summed E-state index contributed by atoms with van der Waals surface area (Å²) < 4.78 is 41.7. The van der Waals surface area contributed by atoms with Gasteiger partial charge in [-0.05, 0) is 30.5 Å². The van der Waals surface area contributed by atoms with E-state index < -0.39 is 12.0 Å². The number of amides is 1. The van der Waals surface area contributed by atoms with E-state index in [9.17, 15) is 18.0 Å². The van der Waals surface area contributed by atoms with Crippen molar-refractivity contribution < 1.29 is 18.0 Å². The third kappa shape index (κ3) is 4.54. The summed E-state index contributed by atoms with van der Waals surface area (Å²) in [6.45, 7) is 1.48. The van der Waals surface area contributed by atoms with Gasteiger partial charge in [0.05, 0.1) is 6.54 Å². The van der Waals surface area contributed by atoms with Gasteiger partial charge in [-0.3, -0.25) is 10.1 Å². The average molecular weight is 471 g/mol. The summed E-state index contributed by atoms with van der Waals surface area (Å²) in [5.74, 6) is -1.00. The lowest BCUT2D eigenvalue weighted by Crippen LogP contribution is -2.39. The van der Waals surface area contributed by atoms with E-state index >= 15 is 0 Å². The molecule has 0 bridgehead atoms. The van der Waals surface area contributed by atoms with E-state index in [4.69, 9.17) is 0 Å². The summed E-state index contributed by atoms with van der Waals surface area (Å²) in [4.78, 5) is 18.7. The maximum absolute atomic E-state index is 13.1. The van der Waals surface area contributed by atoms with Crippen molar-refractivity contribution in [3.63, 3.8) is 0 Å². The molecule has 1 amide bonds. The second kappa shape index (κ2) is 8.72. The molecule has 3 aromatic heterocycles. The van der Waals surface area contributed by atoms with Gasteiger partial charge in [-0.1, -0.05) is 30.3 Å². The molecule has 1 aliphatic heterocycles. The number of rotatable bonds is 5. The van der Waals surface area contributed by atoms with Gasteiger partial charge in [0.25, 0.3) is 5.82 Å². The van der Waals surface area contributed by atoms with Crippen molar-refractivity contribution in [2.75, 3.05) is 23.3 Å². The first kappa shape index (κ1) is 21.8. The number of hydrogen-bond acceptors (Lipinski definition) is 7. The molecule has 0 atom stereocenters. The maximum atomic E-state index is 13.1. The van der Waals surface area contributed by atoms with Gasteiger partial charge in [0, 0.05) is 19.0 Å². The van der Waals surface area contributed by atoms with E-state index in [0.29, 0.717) is 42.8 Å². The van der Waals surface area contributed by atoms with Crippen LogP contribution < -0.4 is 10.2 Å². The van der Waals surface area contributed by atoms with Crippen LogP contribution in [0.25, 0.3) is 5.65 Å². The summed E-state index contributed by atoms with van der Waals surface area (Å²) in [7, 11) is 0. The number of alkyl halides is 3. The third-order valence-electron chi connectivity index (χ3n) is 5.65. The van der Waals surface area contributed by atoms with Crippen LogP contribution in [0.4, 0.5) is 24.9 Å². The molecule has 34 heavy (non-hydrogen) atoms. The van der Waals surface area contributed by atoms with Gasteiger partial charge in [0.2, 0.25) is 11.9 Å². The molecule has 0 saturated carbocycles. The van der Waals surface area contributed by atoms with Crippen molar-refractivity contribution in [2.45, 2.75) is 25.6 Å². The van der Waals surface area contributed by atoms with Crippen molar-refractivity contribution in [1.29, 1.82) is 0 Å². The lowest BCUT2D eigenvalue weighted by atomic mass is 9.96. The van der Waals surface area contributed by atoms with Gasteiger partial charge in [0.1, 0.15) is 12.1 Å². The Hall–Kier alpha value is -4.03. The number of aromatic nitrogens is 7. The number of benzene rings is 1. The van der Waals surface area contributed by atoms with Crippen LogP contribution in [-0.4, -0.2) is 53.6 Å². The fraction of sp³-hybridized carbons (Fsp3) is 0.333. The Balaban J connectivity index is 1.19. The summed E-state index contributed by atoms with van der Waals surface area (Å²) in [6, 6.07) is 12.8. The summed E-state index contributed by atoms with van der Waals surface area (Å²) >= 11 is 0. The Kier molecular flexibility index (Phi) is 5.59. The number of nitrogens with zero attached hydrogens (tertiary/aromatic N) is 8. The zero-order valence-corrected chi connectivity index (χ0v) is 17.9. The molecule has 4 heterocycles. The monoisotopic (exact) mass is 471 g/mol. The number of piperidine rings is 1. The van der Waals surface area contributed by atoms with Crippen LogP contribution in [-0.2, 0) is 17.5 Å². The van der Waals surface area contributed by atoms with Crippen LogP contribution in [0.5, 0.6) is 0 Å². The van der Waals surface area contributed by atoms with Gasteiger partial charge in [-0.15, -0.1) is 20.4 Å². The minimum Gasteiger partial charge on any atom is -0.355 e. The number of carbonyl (C=O) groups is 1. The SMILES string of the molecule is O=C(Nc1ncn(Cc2ccccc2)n1)C1CCN(c2ccc3nnc(C(F)(F)F)n3n2)CC1. The van der Waals surface area contributed by atoms with E-state index in [1.165, 1.54) is 6.07 Å². The van der Waals surface area contributed by atoms with Crippen molar-refractivity contribution in [3.05, 3.63) is 60.2 Å². The van der Waals surface area contributed by atoms with Crippen molar-refractivity contribution in [2.24, 2.45) is 5.92 Å². The third-order valence-corrected chi connectivity index (χ3v) is 5.65. The number of carbonyl (C=O) groups excluding carboxylic acids is 1. The van der Waals surface area contributed by atoms with E-state index in [-0.39, 0.29) is 23.4 Å². The molecule has 1 N–H and O–H groups in total. The molecule has 0 spiro atoms. The number of nitrogens with one attached hydrogen (secondary N) is 1. The minimum absolute atomic E-state index is 0.0181. The molecular formula is C21H20F3N9O. The molecule has 10 nitrogen and oxygen atoms in total. The minimum atomic E-state index is -4.65. The highest BCUT2D eigenvalue weighted by atomic mass is 19.4. The van der Waals surface area contributed by atoms with E-state index in [2.05, 4.69) is 30.7 Å². The van der Waals surface area contributed by atoms with Crippen LogP contribution in [0.15, 0.2) is 48.8 Å². The normalized spacial score (nSPS) is 15.1. The summed E-state index contributed by atoms with van der Waals surface area (Å²) in [5, 5.41) is 17.8. The highest BCUT2D eigenvalue weighted by Gasteiger charge is 2.38. The Morgan fingerprint density at radius 3 is 2.53 bits per heavy atom. The lowest BCUT2D eigenvalue weighted by Gasteiger charge is -2.31. The predicted octanol–water partition coefficient (Wildman–Crippen LogP) is 2.64. The van der Waals surface area contributed by atoms with Gasteiger partial charge in [-0.25, -0.2) is 9.67 Å². The molecule has 4 aromatic rings. The number of anilines is 2. The quantitative estimate of drug-likeness (QED) is 0.477. The van der Waals surface area contributed by atoms with Crippen LogP contribution in [0, 0.1) is 5.92 Å². The van der Waals surface area contributed by atoms with E-state index in [1.807, 2.05) is 35.2 Å². The average Bonchev–Trinajstić information content (AvgIpc) is 3.46. The first-order valence-corrected chi connectivity index (χ1v) is 10.7. The highest BCUT2D eigenvalue weighted by molar-refractivity contribution is 5.91. The molecule has 176 valence electrons. The number of fused-ring (bicyclic) bond motifs is 1. The van der Waals surface area contributed by atoms with E-state index in [0.717, 1.165) is 5.56 Å².